The third-order valence-corrected chi connectivity index (χ3v) is 10.7. The number of hydrogen-bond donors (Lipinski definition) is 0. The first-order valence-corrected chi connectivity index (χ1v) is 12.4. The molecule has 0 aromatic heterocycles. The summed E-state index contributed by atoms with van der Waals surface area (Å²) < 4.78 is 20.5. The molecule has 0 radical (unpaired) electrons. The summed E-state index contributed by atoms with van der Waals surface area (Å²) in [6.45, 7) is 13.0. The molecule has 1 fully saturated rings. The third-order valence-electron chi connectivity index (χ3n) is 3.99. The number of hydrogen-bond acceptors (Lipinski definition) is 4. The Labute approximate surface area is 127 Å². The van der Waals surface area contributed by atoms with Gasteiger partial charge in [0.05, 0.1) is 0 Å². The monoisotopic (exact) mass is 319 g/mol. The molecule has 20 heavy (non-hydrogen) atoms. The summed E-state index contributed by atoms with van der Waals surface area (Å²) in [6.07, 6.45) is 2.56. The Kier molecular flexibility index (Phi) is 9.23. The van der Waals surface area contributed by atoms with Crippen molar-refractivity contribution in [2.24, 2.45) is 0 Å². The average molecular weight is 320 g/mol. The van der Waals surface area contributed by atoms with Crippen molar-refractivity contribution in [3.05, 3.63) is 0 Å². The van der Waals surface area contributed by atoms with Crippen molar-refractivity contribution in [3.8, 4) is 0 Å². The maximum absolute atomic E-state index is 5.92. The van der Waals surface area contributed by atoms with Crippen LogP contribution in [-0.4, -0.2) is 55.2 Å². The van der Waals surface area contributed by atoms with Crippen LogP contribution in [0.1, 0.15) is 40.5 Å². The molecule has 0 bridgehead atoms. The van der Waals surface area contributed by atoms with E-state index < -0.39 is 17.8 Å². The predicted octanol–water partition coefficient (Wildman–Crippen LogP) is 2.87. The zero-order chi connectivity index (χ0) is 14.8. The van der Waals surface area contributed by atoms with Crippen molar-refractivity contribution in [1.29, 1.82) is 0 Å². The maximum Gasteiger partial charge on any atom is 0.500 e. The van der Waals surface area contributed by atoms with Crippen molar-refractivity contribution < 1.29 is 13.3 Å². The van der Waals surface area contributed by atoms with Gasteiger partial charge >= 0.3 is 8.80 Å². The molecule has 0 aliphatic carbocycles. The highest BCUT2D eigenvalue weighted by Crippen LogP contribution is 2.22. The van der Waals surface area contributed by atoms with Crippen LogP contribution >= 0.6 is 0 Å². The highest BCUT2D eigenvalue weighted by molar-refractivity contribution is 6.60. The molecule has 0 amide bonds. The van der Waals surface area contributed by atoms with Crippen molar-refractivity contribution in [1.82, 2.24) is 4.57 Å². The van der Waals surface area contributed by atoms with Crippen LogP contribution in [0.2, 0.25) is 18.1 Å². The second kappa shape index (κ2) is 10.1. The smallest absolute Gasteiger partial charge is 0.374 e. The van der Waals surface area contributed by atoms with Gasteiger partial charge in [0.15, 0.2) is 0 Å². The van der Waals surface area contributed by atoms with E-state index in [-0.39, 0.29) is 0 Å². The normalized spacial score (nSPS) is 20.7. The Hall–Kier alpha value is 0.274. The maximum atomic E-state index is 5.92. The first-order valence-electron chi connectivity index (χ1n) is 8.37. The van der Waals surface area contributed by atoms with Gasteiger partial charge in [0.1, 0.15) is 8.96 Å². The lowest BCUT2D eigenvalue weighted by atomic mass is 10.4. The summed E-state index contributed by atoms with van der Waals surface area (Å²) in [5.74, 6) is 0. The molecule has 1 rings (SSSR count). The van der Waals surface area contributed by atoms with Crippen molar-refractivity contribution in [3.63, 3.8) is 0 Å². The summed E-state index contributed by atoms with van der Waals surface area (Å²) in [5, 5.41) is 0. The average Bonchev–Trinajstić information content (AvgIpc) is 2.87. The van der Waals surface area contributed by atoms with Crippen LogP contribution in [0, 0.1) is 0 Å². The first-order chi connectivity index (χ1) is 9.71. The summed E-state index contributed by atoms with van der Waals surface area (Å²) in [7, 11) is -2.99. The Bertz CT molecular complexity index is 240. The molecule has 0 saturated carbocycles. The van der Waals surface area contributed by atoms with Crippen LogP contribution in [0.5, 0.6) is 0 Å². The minimum atomic E-state index is -2.41. The van der Waals surface area contributed by atoms with Gasteiger partial charge in [-0.2, -0.15) is 0 Å². The van der Waals surface area contributed by atoms with Crippen LogP contribution < -0.4 is 0 Å². The van der Waals surface area contributed by atoms with Gasteiger partial charge in [-0.1, -0.05) is 6.92 Å². The number of rotatable bonds is 11. The molecule has 0 aromatic rings. The molecular formula is C14H33NO3Si2. The molecule has 4 nitrogen and oxygen atoms in total. The van der Waals surface area contributed by atoms with E-state index in [1.54, 1.807) is 0 Å². The topological polar surface area (TPSA) is 30.9 Å². The minimum Gasteiger partial charge on any atom is -0.374 e. The summed E-state index contributed by atoms with van der Waals surface area (Å²) in [4.78, 5) is 0. The van der Waals surface area contributed by atoms with Crippen molar-refractivity contribution in [2.45, 2.75) is 58.7 Å². The molecule has 1 aliphatic heterocycles. The van der Waals surface area contributed by atoms with E-state index in [2.05, 4.69) is 11.5 Å². The van der Waals surface area contributed by atoms with Gasteiger partial charge in [-0.3, -0.25) is 0 Å². The van der Waals surface area contributed by atoms with Gasteiger partial charge < -0.3 is 17.8 Å². The molecule has 6 heteroatoms. The highest BCUT2D eigenvalue weighted by atomic mass is 28.4. The molecule has 0 spiro atoms. The van der Waals surface area contributed by atoms with Gasteiger partial charge in [0, 0.05) is 25.9 Å². The van der Waals surface area contributed by atoms with Gasteiger partial charge in [-0.25, -0.2) is 0 Å². The van der Waals surface area contributed by atoms with E-state index >= 15 is 0 Å². The molecule has 1 atom stereocenters. The van der Waals surface area contributed by atoms with Crippen LogP contribution in [-0.2, 0) is 13.3 Å². The van der Waals surface area contributed by atoms with Crippen LogP contribution in [0.4, 0.5) is 0 Å². The Morgan fingerprint density at radius 3 is 2.10 bits per heavy atom. The summed E-state index contributed by atoms with van der Waals surface area (Å²) >= 11 is 0. The zero-order valence-electron chi connectivity index (χ0n) is 13.8. The van der Waals surface area contributed by atoms with Crippen LogP contribution in [0.15, 0.2) is 0 Å². The highest BCUT2D eigenvalue weighted by Gasteiger charge is 2.40. The largest absolute Gasteiger partial charge is 0.500 e. The van der Waals surface area contributed by atoms with Gasteiger partial charge in [-0.05, 0) is 58.8 Å². The van der Waals surface area contributed by atoms with E-state index in [1.807, 2.05) is 20.8 Å². The molecule has 1 heterocycles. The second-order valence-electron chi connectivity index (χ2n) is 5.33. The zero-order valence-corrected chi connectivity index (χ0v) is 16.0. The molecule has 1 aliphatic rings. The van der Waals surface area contributed by atoms with Crippen LogP contribution in [0.3, 0.4) is 0 Å². The predicted molar refractivity (Wildman–Crippen MR) is 88.7 cm³/mol. The molecule has 1 saturated heterocycles. The van der Waals surface area contributed by atoms with Crippen molar-refractivity contribution in [2.75, 3.05) is 32.9 Å². The van der Waals surface area contributed by atoms with Crippen LogP contribution in [0.25, 0.3) is 0 Å². The minimum absolute atomic E-state index is 0.583. The molecule has 0 aromatic carbocycles. The Morgan fingerprint density at radius 2 is 1.60 bits per heavy atom. The standard InChI is InChI=1S/C14H33NO3Si2/c1-5-16-20(17-6-2,18-7-3)14-10-12-15-11-9-13-19(15)8-4/h19H,5-14H2,1-4H3. The first kappa shape index (κ1) is 18.3. The summed E-state index contributed by atoms with van der Waals surface area (Å²) in [5.41, 5.74) is 0. The van der Waals surface area contributed by atoms with Crippen molar-refractivity contribution >= 4 is 17.8 Å². The molecule has 0 N–H and O–H groups in total. The number of nitrogens with zero attached hydrogens (tertiary/aromatic N) is 1. The molecule has 120 valence electrons. The van der Waals surface area contributed by atoms with E-state index in [4.69, 9.17) is 13.3 Å². The van der Waals surface area contributed by atoms with E-state index in [9.17, 15) is 0 Å². The van der Waals surface area contributed by atoms with Gasteiger partial charge in [0.2, 0.25) is 0 Å². The van der Waals surface area contributed by atoms with E-state index in [0.717, 1.165) is 12.5 Å². The second-order valence-corrected chi connectivity index (χ2v) is 11.5. The summed E-state index contributed by atoms with van der Waals surface area (Å²) in [6, 6.07) is 3.87. The fourth-order valence-corrected chi connectivity index (χ4v) is 8.78. The Balaban J connectivity index is 2.44. The molecule has 1 unspecified atom stereocenters. The SMILES string of the molecule is CCO[Si](CCCN1CCC[SiH]1CC)(OCC)OCC. The quantitative estimate of drug-likeness (QED) is 0.548. The molecular weight excluding hydrogens is 286 g/mol. The van der Waals surface area contributed by atoms with Gasteiger partial charge in [-0.15, -0.1) is 0 Å². The van der Waals surface area contributed by atoms with E-state index in [0.29, 0.717) is 19.8 Å². The lowest BCUT2D eigenvalue weighted by molar-refractivity contribution is 0.0705. The lowest BCUT2D eigenvalue weighted by Crippen LogP contribution is -2.46. The fraction of sp³-hybridized carbons (Fsp3) is 1.00. The lowest BCUT2D eigenvalue weighted by Gasteiger charge is -2.30. The fourth-order valence-electron chi connectivity index (χ4n) is 3.15. The third kappa shape index (κ3) is 5.57. The Morgan fingerprint density at radius 1 is 1.00 bits per heavy atom. The van der Waals surface area contributed by atoms with E-state index in [1.165, 1.54) is 31.6 Å². The van der Waals surface area contributed by atoms with Gasteiger partial charge in [0.25, 0.3) is 0 Å².